The van der Waals surface area contributed by atoms with Crippen molar-refractivity contribution in [2.45, 2.75) is 13.5 Å². The molecule has 0 radical (unpaired) electrons. The van der Waals surface area contributed by atoms with Crippen LogP contribution in [0.25, 0.3) is 0 Å². The van der Waals surface area contributed by atoms with Crippen molar-refractivity contribution in [2.24, 2.45) is 5.73 Å². The molecule has 0 spiro atoms. The van der Waals surface area contributed by atoms with E-state index in [2.05, 4.69) is 15.9 Å². The quantitative estimate of drug-likeness (QED) is 0.925. The Morgan fingerprint density at radius 2 is 1.89 bits per heavy atom. The second-order valence-corrected chi connectivity index (χ2v) is 5.11. The fourth-order valence-electron chi connectivity index (χ4n) is 1.77. The minimum Gasteiger partial charge on any atom is -0.497 e. The summed E-state index contributed by atoms with van der Waals surface area (Å²) in [5, 5.41) is 0. The highest BCUT2D eigenvalue weighted by atomic mass is 79.9. The number of nitrogens with two attached hydrogens (primary N) is 1. The lowest BCUT2D eigenvalue weighted by Gasteiger charge is -2.13. The summed E-state index contributed by atoms with van der Waals surface area (Å²) in [6.45, 7) is 2.43. The van der Waals surface area contributed by atoms with E-state index in [9.17, 15) is 0 Å². The van der Waals surface area contributed by atoms with Crippen LogP contribution in [0.5, 0.6) is 17.2 Å². The maximum absolute atomic E-state index is 5.95. The first-order chi connectivity index (χ1) is 9.13. The molecular weight excluding hydrogens is 306 g/mol. The van der Waals surface area contributed by atoms with Gasteiger partial charge >= 0.3 is 0 Å². The van der Waals surface area contributed by atoms with E-state index in [1.165, 1.54) is 0 Å². The van der Waals surface area contributed by atoms with Gasteiger partial charge in [-0.05, 0) is 36.8 Å². The van der Waals surface area contributed by atoms with Crippen molar-refractivity contribution < 1.29 is 9.47 Å². The van der Waals surface area contributed by atoms with Gasteiger partial charge in [0, 0.05) is 22.6 Å². The Morgan fingerprint density at radius 1 is 1.11 bits per heavy atom. The number of hydrogen-bond donors (Lipinski definition) is 1. The fraction of sp³-hybridized carbons (Fsp3) is 0.200. The number of aryl methyl sites for hydroxylation is 1. The molecule has 0 saturated heterocycles. The number of rotatable bonds is 4. The van der Waals surface area contributed by atoms with Crippen LogP contribution in [0.4, 0.5) is 0 Å². The molecule has 2 aromatic rings. The van der Waals surface area contributed by atoms with Gasteiger partial charge < -0.3 is 15.2 Å². The summed E-state index contributed by atoms with van der Waals surface area (Å²) in [5.41, 5.74) is 7.73. The minimum atomic E-state index is 0.425. The summed E-state index contributed by atoms with van der Waals surface area (Å²) < 4.78 is 12.2. The van der Waals surface area contributed by atoms with Crippen molar-refractivity contribution in [1.29, 1.82) is 0 Å². The molecule has 100 valence electrons. The lowest BCUT2D eigenvalue weighted by Crippen LogP contribution is -2.00. The van der Waals surface area contributed by atoms with E-state index in [0.29, 0.717) is 6.54 Å². The molecule has 2 aromatic carbocycles. The van der Waals surface area contributed by atoms with Crippen molar-refractivity contribution in [1.82, 2.24) is 0 Å². The van der Waals surface area contributed by atoms with E-state index in [-0.39, 0.29) is 0 Å². The molecule has 0 aliphatic carbocycles. The van der Waals surface area contributed by atoms with Crippen molar-refractivity contribution in [3.05, 3.63) is 52.0 Å². The zero-order chi connectivity index (χ0) is 13.8. The van der Waals surface area contributed by atoms with Gasteiger partial charge in [-0.2, -0.15) is 0 Å². The molecule has 19 heavy (non-hydrogen) atoms. The van der Waals surface area contributed by atoms with Crippen LogP contribution >= 0.6 is 15.9 Å². The van der Waals surface area contributed by atoms with Gasteiger partial charge in [-0.25, -0.2) is 0 Å². The number of hydrogen-bond acceptors (Lipinski definition) is 3. The molecule has 0 aliphatic heterocycles. The summed E-state index contributed by atoms with van der Waals surface area (Å²) in [6.07, 6.45) is 0. The second kappa shape index (κ2) is 6.08. The zero-order valence-electron chi connectivity index (χ0n) is 10.9. The van der Waals surface area contributed by atoms with Gasteiger partial charge in [0.2, 0.25) is 0 Å². The van der Waals surface area contributed by atoms with Crippen LogP contribution in [0.3, 0.4) is 0 Å². The number of halogens is 1. The van der Waals surface area contributed by atoms with Gasteiger partial charge in [0.1, 0.15) is 17.2 Å². The molecule has 2 N–H and O–H groups in total. The third-order valence-electron chi connectivity index (χ3n) is 2.85. The van der Waals surface area contributed by atoms with E-state index in [1.54, 1.807) is 7.11 Å². The normalized spacial score (nSPS) is 10.3. The average Bonchev–Trinajstić information content (AvgIpc) is 2.41. The summed E-state index contributed by atoms with van der Waals surface area (Å²) in [7, 11) is 1.63. The van der Waals surface area contributed by atoms with Gasteiger partial charge in [-0.3, -0.25) is 0 Å². The number of benzene rings is 2. The van der Waals surface area contributed by atoms with Gasteiger partial charge in [-0.15, -0.1) is 0 Å². The molecule has 2 rings (SSSR count). The van der Waals surface area contributed by atoms with E-state index in [0.717, 1.165) is 32.8 Å². The third-order valence-corrected chi connectivity index (χ3v) is 3.34. The van der Waals surface area contributed by atoms with Crippen LogP contribution in [0, 0.1) is 6.92 Å². The molecule has 0 atom stereocenters. The molecule has 0 heterocycles. The average molecular weight is 322 g/mol. The number of methoxy groups -OCH3 is 1. The Hall–Kier alpha value is -1.52. The highest BCUT2D eigenvalue weighted by Crippen LogP contribution is 2.32. The molecule has 0 bridgehead atoms. The van der Waals surface area contributed by atoms with Crippen LogP contribution in [0.15, 0.2) is 40.9 Å². The Morgan fingerprint density at radius 3 is 2.53 bits per heavy atom. The van der Waals surface area contributed by atoms with Crippen molar-refractivity contribution in [3.63, 3.8) is 0 Å². The Balaban J connectivity index is 2.36. The monoisotopic (exact) mass is 321 g/mol. The van der Waals surface area contributed by atoms with Crippen LogP contribution < -0.4 is 15.2 Å². The molecule has 0 fully saturated rings. The largest absolute Gasteiger partial charge is 0.497 e. The molecule has 0 aliphatic rings. The van der Waals surface area contributed by atoms with Gasteiger partial charge in [0.25, 0.3) is 0 Å². The van der Waals surface area contributed by atoms with Crippen molar-refractivity contribution in [2.75, 3.05) is 7.11 Å². The molecular formula is C15H16BrNO2. The predicted molar refractivity (Wildman–Crippen MR) is 79.8 cm³/mol. The zero-order valence-corrected chi connectivity index (χ0v) is 12.5. The molecule has 0 unspecified atom stereocenters. The molecule has 0 saturated carbocycles. The van der Waals surface area contributed by atoms with Gasteiger partial charge in [-0.1, -0.05) is 22.0 Å². The third kappa shape index (κ3) is 3.28. The van der Waals surface area contributed by atoms with E-state index >= 15 is 0 Å². The van der Waals surface area contributed by atoms with Gasteiger partial charge in [0.15, 0.2) is 0 Å². The second-order valence-electron chi connectivity index (χ2n) is 4.19. The van der Waals surface area contributed by atoms with Crippen LogP contribution in [0.2, 0.25) is 0 Å². The maximum atomic E-state index is 5.95. The summed E-state index contributed by atoms with van der Waals surface area (Å²) in [6, 6.07) is 11.5. The minimum absolute atomic E-state index is 0.425. The smallest absolute Gasteiger partial charge is 0.135 e. The number of ether oxygens (including phenoxy) is 2. The predicted octanol–water partition coefficient (Wildman–Crippen LogP) is 4.02. The Kier molecular flexibility index (Phi) is 4.45. The molecule has 3 nitrogen and oxygen atoms in total. The highest BCUT2D eigenvalue weighted by Gasteiger charge is 2.08. The maximum Gasteiger partial charge on any atom is 0.135 e. The molecule has 0 aromatic heterocycles. The van der Waals surface area contributed by atoms with Crippen LogP contribution in [0.1, 0.15) is 11.1 Å². The van der Waals surface area contributed by atoms with E-state index in [1.807, 2.05) is 43.3 Å². The SMILES string of the molecule is COc1ccc(CN)c(Oc2ccc(Br)cc2C)c1. The lowest BCUT2D eigenvalue weighted by atomic mass is 10.2. The Bertz CT molecular complexity index is 584. The summed E-state index contributed by atoms with van der Waals surface area (Å²) >= 11 is 3.44. The van der Waals surface area contributed by atoms with Crippen molar-refractivity contribution >= 4 is 15.9 Å². The first-order valence-corrected chi connectivity index (χ1v) is 6.74. The topological polar surface area (TPSA) is 44.5 Å². The van der Waals surface area contributed by atoms with Crippen LogP contribution in [-0.4, -0.2) is 7.11 Å². The molecule has 0 amide bonds. The van der Waals surface area contributed by atoms with Crippen LogP contribution in [-0.2, 0) is 6.54 Å². The summed E-state index contributed by atoms with van der Waals surface area (Å²) in [4.78, 5) is 0. The first kappa shape index (κ1) is 13.9. The first-order valence-electron chi connectivity index (χ1n) is 5.95. The lowest BCUT2D eigenvalue weighted by molar-refractivity contribution is 0.407. The van der Waals surface area contributed by atoms with E-state index < -0.39 is 0 Å². The standard InChI is InChI=1S/C15H16BrNO2/c1-10-7-12(16)4-6-14(10)19-15-8-13(18-2)5-3-11(15)9-17/h3-8H,9,17H2,1-2H3. The highest BCUT2D eigenvalue weighted by molar-refractivity contribution is 9.10. The fourth-order valence-corrected chi connectivity index (χ4v) is 2.25. The molecule has 4 heteroatoms. The van der Waals surface area contributed by atoms with Crippen molar-refractivity contribution in [3.8, 4) is 17.2 Å². The van der Waals surface area contributed by atoms with E-state index in [4.69, 9.17) is 15.2 Å². The summed E-state index contributed by atoms with van der Waals surface area (Å²) in [5.74, 6) is 2.29. The Labute approximate surface area is 121 Å². The van der Waals surface area contributed by atoms with Gasteiger partial charge in [0.05, 0.1) is 7.11 Å².